The highest BCUT2D eigenvalue weighted by atomic mass is 19.4. The van der Waals surface area contributed by atoms with Crippen molar-refractivity contribution in [2.75, 3.05) is 38.3 Å². The number of anilines is 1. The van der Waals surface area contributed by atoms with Gasteiger partial charge in [-0.3, -0.25) is 9.59 Å². The van der Waals surface area contributed by atoms with Crippen LogP contribution in [-0.2, 0) is 20.5 Å². The smallest absolute Gasteiger partial charge is 0.375 e. The number of methoxy groups -OCH3 is 1. The number of benzene rings is 1. The first kappa shape index (κ1) is 23.4. The molecule has 1 aliphatic carbocycles. The lowest BCUT2D eigenvalue weighted by Crippen LogP contribution is -2.45. The van der Waals surface area contributed by atoms with E-state index in [1.165, 1.54) is 19.2 Å². The highest BCUT2D eigenvalue weighted by Gasteiger charge is 2.49. The Morgan fingerprint density at radius 2 is 1.97 bits per heavy atom. The van der Waals surface area contributed by atoms with Crippen molar-refractivity contribution in [1.29, 1.82) is 5.26 Å². The molecule has 1 spiro atoms. The van der Waals surface area contributed by atoms with Crippen molar-refractivity contribution in [1.82, 2.24) is 10.2 Å². The van der Waals surface area contributed by atoms with Crippen LogP contribution >= 0.6 is 0 Å². The average Bonchev–Trinajstić information content (AvgIpc) is 3.52. The standard InChI is InChI=1S/C23H27F3N4O3/c1-33-13-20(31)29-8-6-22(7-9-29)11-19(21(32)28-16-3-4-16)30(14-22)17-5-2-15(12-27)18(10-17)23(24,25)26/h2,5,10,16,19H,3-4,6-9,11,13-14H2,1H3,(H,28,32). The van der Waals surface area contributed by atoms with Gasteiger partial charge in [0.15, 0.2) is 0 Å². The molecule has 33 heavy (non-hydrogen) atoms. The number of halogens is 3. The number of nitriles is 1. The van der Waals surface area contributed by atoms with Crippen molar-refractivity contribution < 1.29 is 27.5 Å². The molecule has 2 heterocycles. The minimum absolute atomic E-state index is 0.0109. The first-order valence-electron chi connectivity index (χ1n) is 11.1. The number of hydrogen-bond acceptors (Lipinski definition) is 5. The van der Waals surface area contributed by atoms with Crippen LogP contribution in [-0.4, -0.2) is 62.1 Å². The van der Waals surface area contributed by atoms with Crippen LogP contribution in [0.2, 0.25) is 0 Å². The van der Waals surface area contributed by atoms with E-state index >= 15 is 0 Å². The highest BCUT2D eigenvalue weighted by molar-refractivity contribution is 5.87. The fourth-order valence-electron chi connectivity index (χ4n) is 4.94. The Labute approximate surface area is 190 Å². The van der Waals surface area contributed by atoms with E-state index in [1.807, 2.05) is 0 Å². The maximum absolute atomic E-state index is 13.6. The van der Waals surface area contributed by atoms with Crippen molar-refractivity contribution in [2.45, 2.75) is 50.4 Å². The predicted octanol–water partition coefficient (Wildman–Crippen LogP) is 2.69. The summed E-state index contributed by atoms with van der Waals surface area (Å²) in [4.78, 5) is 28.7. The van der Waals surface area contributed by atoms with Gasteiger partial charge in [-0.25, -0.2) is 0 Å². The number of amides is 2. The second-order valence-corrected chi connectivity index (χ2v) is 9.28. The van der Waals surface area contributed by atoms with Crippen molar-refractivity contribution in [3.8, 4) is 6.07 Å². The fraction of sp³-hybridized carbons (Fsp3) is 0.609. The number of ether oxygens (including phenoxy) is 1. The number of nitrogens with one attached hydrogen (secondary N) is 1. The molecular formula is C23H27F3N4O3. The molecule has 1 atom stereocenters. The van der Waals surface area contributed by atoms with Crippen LogP contribution in [0.1, 0.15) is 43.2 Å². The SMILES string of the molecule is COCC(=O)N1CCC2(CC1)CC(C(=O)NC1CC1)N(c1ccc(C#N)c(C(F)(F)F)c1)C2. The second-order valence-electron chi connectivity index (χ2n) is 9.28. The Morgan fingerprint density at radius 3 is 2.55 bits per heavy atom. The van der Waals surface area contributed by atoms with E-state index in [-0.39, 0.29) is 35.6 Å². The summed E-state index contributed by atoms with van der Waals surface area (Å²) < 4.78 is 45.6. The molecule has 1 unspecified atom stereocenters. The molecule has 0 radical (unpaired) electrons. The molecule has 178 valence electrons. The zero-order valence-corrected chi connectivity index (χ0v) is 18.5. The zero-order chi connectivity index (χ0) is 23.8. The summed E-state index contributed by atoms with van der Waals surface area (Å²) in [5.74, 6) is -0.266. The molecule has 7 nitrogen and oxygen atoms in total. The molecule has 1 aromatic rings. The first-order valence-corrected chi connectivity index (χ1v) is 11.1. The van der Waals surface area contributed by atoms with Gasteiger partial charge in [-0.05, 0) is 55.7 Å². The van der Waals surface area contributed by atoms with Crippen LogP contribution in [0.25, 0.3) is 0 Å². The van der Waals surface area contributed by atoms with Crippen molar-refractivity contribution >= 4 is 17.5 Å². The quantitative estimate of drug-likeness (QED) is 0.724. The summed E-state index contributed by atoms with van der Waals surface area (Å²) in [5.41, 5.74) is -1.43. The number of alkyl halides is 3. The molecule has 1 saturated carbocycles. The summed E-state index contributed by atoms with van der Waals surface area (Å²) in [6.07, 6.45) is -1.01. The summed E-state index contributed by atoms with van der Waals surface area (Å²) >= 11 is 0. The largest absolute Gasteiger partial charge is 0.417 e. The fourth-order valence-corrected chi connectivity index (χ4v) is 4.94. The third kappa shape index (κ3) is 4.93. The molecule has 10 heteroatoms. The molecule has 0 bridgehead atoms. The monoisotopic (exact) mass is 464 g/mol. The zero-order valence-electron chi connectivity index (χ0n) is 18.5. The Balaban J connectivity index is 1.60. The van der Waals surface area contributed by atoms with Gasteiger partial charge in [0.25, 0.3) is 0 Å². The van der Waals surface area contributed by atoms with Crippen LogP contribution in [0.15, 0.2) is 18.2 Å². The molecule has 3 aliphatic rings. The number of nitrogens with zero attached hydrogens (tertiary/aromatic N) is 3. The Morgan fingerprint density at radius 1 is 1.27 bits per heavy atom. The Bertz CT molecular complexity index is 963. The third-order valence-electron chi connectivity index (χ3n) is 6.94. The van der Waals surface area contributed by atoms with Crippen molar-refractivity contribution in [2.24, 2.45) is 5.41 Å². The van der Waals surface area contributed by atoms with Crippen molar-refractivity contribution in [3.05, 3.63) is 29.3 Å². The van der Waals surface area contributed by atoms with Crippen LogP contribution in [0, 0.1) is 16.7 Å². The van der Waals surface area contributed by atoms with E-state index in [2.05, 4.69) is 5.32 Å². The second kappa shape index (κ2) is 8.86. The summed E-state index contributed by atoms with van der Waals surface area (Å²) in [5, 5.41) is 12.1. The minimum atomic E-state index is -4.67. The van der Waals surface area contributed by atoms with E-state index in [0.717, 1.165) is 18.9 Å². The first-order chi connectivity index (χ1) is 15.7. The highest BCUT2D eigenvalue weighted by Crippen LogP contribution is 2.46. The Kier molecular flexibility index (Phi) is 6.27. The van der Waals surface area contributed by atoms with Gasteiger partial charge in [0, 0.05) is 38.5 Å². The number of carbonyl (C=O) groups excluding carboxylic acids is 2. The average molecular weight is 464 g/mol. The van der Waals surface area contributed by atoms with E-state index in [1.54, 1.807) is 15.9 Å². The molecule has 1 aromatic carbocycles. The minimum Gasteiger partial charge on any atom is -0.375 e. The van der Waals surface area contributed by atoms with Crippen LogP contribution < -0.4 is 10.2 Å². The van der Waals surface area contributed by atoms with Gasteiger partial charge in [-0.2, -0.15) is 18.4 Å². The Hall–Kier alpha value is -2.80. The van der Waals surface area contributed by atoms with Gasteiger partial charge < -0.3 is 19.9 Å². The van der Waals surface area contributed by atoms with Gasteiger partial charge in [0.1, 0.15) is 12.6 Å². The van der Waals surface area contributed by atoms with E-state index in [4.69, 9.17) is 10.00 Å². The third-order valence-corrected chi connectivity index (χ3v) is 6.94. The molecule has 3 fully saturated rings. The molecule has 2 amide bonds. The summed E-state index contributed by atoms with van der Waals surface area (Å²) in [6, 6.07) is 4.78. The number of piperidine rings is 1. The molecule has 4 rings (SSSR count). The normalized spacial score (nSPS) is 22.3. The van der Waals surface area contributed by atoms with Gasteiger partial charge in [-0.1, -0.05) is 0 Å². The summed E-state index contributed by atoms with van der Waals surface area (Å²) in [7, 11) is 1.47. The van der Waals surface area contributed by atoms with E-state index in [9.17, 15) is 22.8 Å². The summed E-state index contributed by atoms with van der Waals surface area (Å²) in [6.45, 7) is 1.48. The molecular weight excluding hydrogens is 437 g/mol. The lowest BCUT2D eigenvalue weighted by molar-refractivity contribution is -0.138. The van der Waals surface area contributed by atoms with E-state index < -0.39 is 23.3 Å². The number of carbonyl (C=O) groups is 2. The topological polar surface area (TPSA) is 85.7 Å². The lowest BCUT2D eigenvalue weighted by Gasteiger charge is -2.39. The van der Waals surface area contributed by atoms with Gasteiger partial charge in [-0.15, -0.1) is 0 Å². The van der Waals surface area contributed by atoms with Gasteiger partial charge >= 0.3 is 6.18 Å². The molecule has 2 aliphatic heterocycles. The predicted molar refractivity (Wildman–Crippen MR) is 113 cm³/mol. The van der Waals surface area contributed by atoms with Crippen LogP contribution in [0.3, 0.4) is 0 Å². The van der Waals surface area contributed by atoms with E-state index in [0.29, 0.717) is 38.9 Å². The molecule has 2 saturated heterocycles. The van der Waals surface area contributed by atoms with Gasteiger partial charge in [0.2, 0.25) is 11.8 Å². The molecule has 0 aromatic heterocycles. The van der Waals surface area contributed by atoms with Crippen molar-refractivity contribution in [3.63, 3.8) is 0 Å². The van der Waals surface area contributed by atoms with Crippen LogP contribution in [0.5, 0.6) is 0 Å². The number of hydrogen-bond donors (Lipinski definition) is 1. The maximum atomic E-state index is 13.6. The maximum Gasteiger partial charge on any atom is 0.417 e. The lowest BCUT2D eigenvalue weighted by atomic mass is 9.76. The van der Waals surface area contributed by atoms with Gasteiger partial charge in [0.05, 0.1) is 17.2 Å². The molecule has 1 N–H and O–H groups in total. The number of rotatable bonds is 5. The van der Waals surface area contributed by atoms with Crippen LogP contribution in [0.4, 0.5) is 18.9 Å². The number of likely N-dealkylation sites (tertiary alicyclic amines) is 1.